The minimum Gasteiger partial charge on any atom is -0.474 e. The molecule has 0 saturated carbocycles. The Morgan fingerprint density at radius 1 is 1.64 bits per heavy atom. The molecule has 1 aromatic rings. The average molecular weight is 263 g/mol. The second kappa shape index (κ2) is 5.93. The van der Waals surface area contributed by atoms with Crippen molar-refractivity contribution in [2.45, 2.75) is 6.92 Å². The van der Waals surface area contributed by atoms with Gasteiger partial charge in [-0.25, -0.2) is 9.37 Å². The third-order valence-electron chi connectivity index (χ3n) is 1.54. The molecular weight excluding hydrogens is 251 g/mol. The van der Waals surface area contributed by atoms with E-state index in [2.05, 4.69) is 26.2 Å². The van der Waals surface area contributed by atoms with Crippen molar-refractivity contribution in [3.63, 3.8) is 0 Å². The summed E-state index contributed by atoms with van der Waals surface area (Å²) in [6.07, 6.45) is 1.51. The minimum atomic E-state index is -0.448. The molecule has 0 aliphatic rings. The Balaban J connectivity index is 2.42. The van der Waals surface area contributed by atoms with Gasteiger partial charge in [-0.3, -0.25) is 0 Å². The van der Waals surface area contributed by atoms with Crippen LogP contribution in [0.15, 0.2) is 16.7 Å². The van der Waals surface area contributed by atoms with Gasteiger partial charge in [0.1, 0.15) is 6.61 Å². The molecule has 0 fully saturated rings. The SMILES string of the molecule is CCNCCOc1ncc(Br)cc1F. The molecule has 0 unspecified atom stereocenters. The van der Waals surface area contributed by atoms with E-state index < -0.39 is 5.82 Å². The number of nitrogens with one attached hydrogen (secondary N) is 1. The Labute approximate surface area is 90.8 Å². The van der Waals surface area contributed by atoms with Crippen LogP contribution in [0.1, 0.15) is 6.92 Å². The zero-order valence-electron chi connectivity index (χ0n) is 7.89. The molecule has 0 spiro atoms. The lowest BCUT2D eigenvalue weighted by atomic mass is 10.5. The molecule has 0 aromatic carbocycles. The largest absolute Gasteiger partial charge is 0.474 e. The number of ether oxygens (including phenoxy) is 1. The molecule has 0 amide bonds. The van der Waals surface area contributed by atoms with Crippen LogP contribution in [-0.2, 0) is 0 Å². The van der Waals surface area contributed by atoms with Gasteiger partial charge in [0.05, 0.1) is 0 Å². The summed E-state index contributed by atoms with van der Waals surface area (Å²) in [5.74, 6) is -0.401. The van der Waals surface area contributed by atoms with E-state index in [9.17, 15) is 4.39 Å². The molecule has 0 radical (unpaired) electrons. The third-order valence-corrected chi connectivity index (χ3v) is 1.98. The number of likely N-dealkylation sites (N-methyl/N-ethyl adjacent to an activating group) is 1. The van der Waals surface area contributed by atoms with Crippen molar-refractivity contribution >= 4 is 15.9 Å². The number of hydrogen-bond donors (Lipinski definition) is 1. The van der Waals surface area contributed by atoms with Crippen molar-refractivity contribution in [3.05, 3.63) is 22.6 Å². The first-order chi connectivity index (χ1) is 6.74. The van der Waals surface area contributed by atoms with Crippen molar-refractivity contribution in [1.82, 2.24) is 10.3 Å². The molecule has 1 rings (SSSR count). The Bertz CT molecular complexity index is 296. The van der Waals surface area contributed by atoms with Crippen LogP contribution in [0.25, 0.3) is 0 Å². The lowest BCUT2D eigenvalue weighted by Crippen LogP contribution is -2.20. The van der Waals surface area contributed by atoms with E-state index in [1.807, 2.05) is 6.92 Å². The summed E-state index contributed by atoms with van der Waals surface area (Å²) in [6, 6.07) is 1.33. The Morgan fingerprint density at radius 2 is 2.43 bits per heavy atom. The van der Waals surface area contributed by atoms with Gasteiger partial charge in [0, 0.05) is 17.2 Å². The zero-order chi connectivity index (χ0) is 10.4. The highest BCUT2D eigenvalue weighted by atomic mass is 79.9. The molecule has 1 N–H and O–H groups in total. The Kier molecular flexibility index (Phi) is 4.82. The predicted octanol–water partition coefficient (Wildman–Crippen LogP) is 1.97. The topological polar surface area (TPSA) is 34.1 Å². The lowest BCUT2D eigenvalue weighted by Gasteiger charge is -2.06. The van der Waals surface area contributed by atoms with Gasteiger partial charge in [-0.2, -0.15) is 0 Å². The smallest absolute Gasteiger partial charge is 0.250 e. The van der Waals surface area contributed by atoms with Crippen LogP contribution in [0.4, 0.5) is 4.39 Å². The molecule has 78 valence electrons. The van der Waals surface area contributed by atoms with Crippen LogP contribution >= 0.6 is 15.9 Å². The summed E-state index contributed by atoms with van der Waals surface area (Å²) in [7, 11) is 0. The number of pyridine rings is 1. The molecular formula is C9H12BrFN2O. The second-order valence-corrected chi connectivity index (χ2v) is 3.56. The van der Waals surface area contributed by atoms with Gasteiger partial charge in [0.25, 0.3) is 0 Å². The van der Waals surface area contributed by atoms with Gasteiger partial charge in [-0.15, -0.1) is 0 Å². The summed E-state index contributed by atoms with van der Waals surface area (Å²) < 4.78 is 18.9. The quantitative estimate of drug-likeness (QED) is 0.825. The van der Waals surface area contributed by atoms with Crippen molar-refractivity contribution in [3.8, 4) is 5.88 Å². The van der Waals surface area contributed by atoms with E-state index in [4.69, 9.17) is 4.74 Å². The van der Waals surface area contributed by atoms with Gasteiger partial charge >= 0.3 is 0 Å². The van der Waals surface area contributed by atoms with Gasteiger partial charge < -0.3 is 10.1 Å². The van der Waals surface area contributed by atoms with Crippen LogP contribution in [0.2, 0.25) is 0 Å². The van der Waals surface area contributed by atoms with Crippen LogP contribution in [0.5, 0.6) is 5.88 Å². The summed E-state index contributed by atoms with van der Waals surface area (Å²) in [4.78, 5) is 3.80. The second-order valence-electron chi connectivity index (χ2n) is 2.64. The monoisotopic (exact) mass is 262 g/mol. The minimum absolute atomic E-state index is 0.0473. The molecule has 0 bridgehead atoms. The first kappa shape index (κ1) is 11.4. The van der Waals surface area contributed by atoms with Crippen molar-refractivity contribution in [2.24, 2.45) is 0 Å². The molecule has 0 aliphatic carbocycles. The fourth-order valence-electron chi connectivity index (χ4n) is 0.905. The zero-order valence-corrected chi connectivity index (χ0v) is 9.47. The van der Waals surface area contributed by atoms with Gasteiger partial charge in [0.2, 0.25) is 5.88 Å². The predicted molar refractivity (Wildman–Crippen MR) is 55.9 cm³/mol. The third kappa shape index (κ3) is 3.59. The molecule has 0 atom stereocenters. The van der Waals surface area contributed by atoms with E-state index in [0.717, 1.165) is 6.54 Å². The number of hydrogen-bond acceptors (Lipinski definition) is 3. The van der Waals surface area contributed by atoms with E-state index in [0.29, 0.717) is 17.6 Å². The van der Waals surface area contributed by atoms with Crippen LogP contribution in [0, 0.1) is 5.82 Å². The van der Waals surface area contributed by atoms with Crippen LogP contribution in [-0.4, -0.2) is 24.7 Å². The number of rotatable bonds is 5. The average Bonchev–Trinajstić information content (AvgIpc) is 2.15. The fourth-order valence-corrected chi connectivity index (χ4v) is 1.21. The summed E-state index contributed by atoms with van der Waals surface area (Å²) in [6.45, 7) is 3.98. The Hall–Kier alpha value is -0.680. The van der Waals surface area contributed by atoms with Crippen molar-refractivity contribution < 1.29 is 9.13 Å². The molecule has 0 saturated heterocycles. The highest BCUT2D eigenvalue weighted by Gasteiger charge is 2.04. The number of halogens is 2. The molecule has 1 aromatic heterocycles. The highest BCUT2D eigenvalue weighted by molar-refractivity contribution is 9.10. The highest BCUT2D eigenvalue weighted by Crippen LogP contribution is 2.17. The van der Waals surface area contributed by atoms with E-state index in [-0.39, 0.29) is 5.88 Å². The fraction of sp³-hybridized carbons (Fsp3) is 0.444. The normalized spacial score (nSPS) is 10.2. The Morgan fingerprint density at radius 3 is 3.07 bits per heavy atom. The summed E-state index contributed by atoms with van der Waals surface area (Å²) >= 11 is 3.12. The van der Waals surface area contributed by atoms with E-state index in [1.54, 1.807) is 0 Å². The molecule has 0 aliphatic heterocycles. The maximum absolute atomic E-state index is 13.1. The standard InChI is InChI=1S/C9H12BrFN2O/c1-2-12-3-4-14-9-8(11)5-7(10)6-13-9/h5-6,12H,2-4H2,1H3. The van der Waals surface area contributed by atoms with Crippen molar-refractivity contribution in [1.29, 1.82) is 0 Å². The molecule has 1 heterocycles. The van der Waals surface area contributed by atoms with Gasteiger partial charge in [-0.1, -0.05) is 6.92 Å². The first-order valence-corrected chi connectivity index (χ1v) is 5.18. The molecule has 3 nitrogen and oxygen atoms in total. The van der Waals surface area contributed by atoms with Crippen molar-refractivity contribution in [2.75, 3.05) is 19.7 Å². The maximum atomic E-state index is 13.1. The molecule has 14 heavy (non-hydrogen) atoms. The lowest BCUT2D eigenvalue weighted by molar-refractivity contribution is 0.287. The van der Waals surface area contributed by atoms with Gasteiger partial charge in [-0.05, 0) is 28.5 Å². The van der Waals surface area contributed by atoms with E-state index >= 15 is 0 Å². The summed E-state index contributed by atoms with van der Waals surface area (Å²) in [5.41, 5.74) is 0. The van der Waals surface area contributed by atoms with Gasteiger partial charge in [0.15, 0.2) is 5.82 Å². The number of nitrogens with zero attached hydrogens (tertiary/aromatic N) is 1. The number of aromatic nitrogens is 1. The molecule has 5 heteroatoms. The first-order valence-electron chi connectivity index (χ1n) is 4.38. The van der Waals surface area contributed by atoms with Crippen LogP contribution in [0.3, 0.4) is 0 Å². The maximum Gasteiger partial charge on any atom is 0.250 e. The summed E-state index contributed by atoms with van der Waals surface area (Å²) in [5, 5.41) is 3.06. The van der Waals surface area contributed by atoms with Crippen LogP contribution < -0.4 is 10.1 Å². The van der Waals surface area contributed by atoms with E-state index in [1.165, 1.54) is 12.3 Å².